The van der Waals surface area contributed by atoms with Gasteiger partial charge in [0.2, 0.25) is 0 Å². The highest BCUT2D eigenvalue weighted by molar-refractivity contribution is 6.06. The van der Waals surface area contributed by atoms with E-state index in [1.54, 1.807) is 12.1 Å². The second-order valence-electron chi connectivity index (χ2n) is 5.04. The summed E-state index contributed by atoms with van der Waals surface area (Å²) >= 11 is 0. The van der Waals surface area contributed by atoms with E-state index in [4.69, 9.17) is 9.47 Å². The molecule has 0 bridgehead atoms. The summed E-state index contributed by atoms with van der Waals surface area (Å²) in [6.07, 6.45) is 2.44. The Bertz CT molecular complexity index is 631. The number of hydrogen-bond donors (Lipinski definition) is 1. The van der Waals surface area contributed by atoms with Gasteiger partial charge in [0.1, 0.15) is 11.3 Å². The van der Waals surface area contributed by atoms with Crippen LogP contribution in [-0.2, 0) is 4.74 Å². The fourth-order valence-corrected chi connectivity index (χ4v) is 2.20. The van der Waals surface area contributed by atoms with Crippen LogP contribution in [0.4, 0.5) is 0 Å². The van der Waals surface area contributed by atoms with Crippen molar-refractivity contribution in [1.29, 1.82) is 0 Å². The van der Waals surface area contributed by atoms with Crippen LogP contribution in [0, 0.1) is 5.92 Å². The topological polar surface area (TPSA) is 55.8 Å². The zero-order valence-electron chi connectivity index (χ0n) is 11.0. The molecule has 20 heavy (non-hydrogen) atoms. The van der Waals surface area contributed by atoms with Crippen LogP contribution < -0.4 is 4.74 Å². The lowest BCUT2D eigenvalue weighted by atomic mass is 10.0. The molecule has 4 nitrogen and oxygen atoms in total. The van der Waals surface area contributed by atoms with Crippen molar-refractivity contribution >= 4 is 16.7 Å². The van der Waals surface area contributed by atoms with Crippen molar-refractivity contribution in [1.82, 2.24) is 0 Å². The highest BCUT2D eigenvalue weighted by atomic mass is 16.7. The number of carboxylic acids is 1. The van der Waals surface area contributed by atoms with Crippen LogP contribution in [0.15, 0.2) is 36.4 Å². The summed E-state index contributed by atoms with van der Waals surface area (Å²) in [6, 6.07) is 10.9. The summed E-state index contributed by atoms with van der Waals surface area (Å²) in [5.74, 6) is 0.0279. The number of carboxylic acid groups (broad SMARTS) is 1. The van der Waals surface area contributed by atoms with E-state index >= 15 is 0 Å². The molecule has 104 valence electrons. The summed E-state index contributed by atoms with van der Waals surface area (Å²) < 4.78 is 10.9. The molecule has 0 unspecified atom stereocenters. The van der Waals surface area contributed by atoms with Crippen LogP contribution >= 0.6 is 0 Å². The number of aromatic carboxylic acids is 1. The molecule has 0 aromatic heterocycles. The second kappa shape index (κ2) is 5.51. The van der Waals surface area contributed by atoms with E-state index in [9.17, 15) is 9.90 Å². The molecule has 2 aromatic rings. The molecule has 1 aliphatic carbocycles. The van der Waals surface area contributed by atoms with Crippen molar-refractivity contribution in [3.05, 3.63) is 42.0 Å². The van der Waals surface area contributed by atoms with Gasteiger partial charge < -0.3 is 14.6 Å². The van der Waals surface area contributed by atoms with Crippen molar-refractivity contribution in [3.63, 3.8) is 0 Å². The Hall–Kier alpha value is -2.07. The van der Waals surface area contributed by atoms with Crippen LogP contribution in [0.2, 0.25) is 0 Å². The van der Waals surface area contributed by atoms with Crippen LogP contribution in [0.3, 0.4) is 0 Å². The summed E-state index contributed by atoms with van der Waals surface area (Å²) in [5, 5.41) is 11.0. The summed E-state index contributed by atoms with van der Waals surface area (Å²) in [5.41, 5.74) is 0.193. The van der Waals surface area contributed by atoms with E-state index in [-0.39, 0.29) is 12.4 Å². The maximum absolute atomic E-state index is 11.5. The van der Waals surface area contributed by atoms with E-state index < -0.39 is 5.97 Å². The molecule has 3 rings (SSSR count). The van der Waals surface area contributed by atoms with Crippen molar-refractivity contribution in [2.45, 2.75) is 12.8 Å². The van der Waals surface area contributed by atoms with E-state index in [1.165, 1.54) is 12.8 Å². The first kappa shape index (κ1) is 12.9. The van der Waals surface area contributed by atoms with Gasteiger partial charge in [0, 0.05) is 0 Å². The van der Waals surface area contributed by atoms with Gasteiger partial charge in [-0.1, -0.05) is 30.3 Å². The standard InChI is InChI=1S/C16H16O4/c17-16(18)15-13-4-2-1-3-12(13)7-8-14(15)20-10-19-9-11-5-6-11/h1-4,7-8,11H,5-6,9-10H2,(H,17,18). The van der Waals surface area contributed by atoms with Crippen molar-refractivity contribution in [2.24, 2.45) is 5.92 Å². The van der Waals surface area contributed by atoms with Crippen LogP contribution in [-0.4, -0.2) is 24.5 Å². The molecule has 0 spiro atoms. The lowest BCUT2D eigenvalue weighted by Crippen LogP contribution is -2.09. The summed E-state index contributed by atoms with van der Waals surface area (Å²) in [7, 11) is 0. The van der Waals surface area contributed by atoms with Gasteiger partial charge in [-0.2, -0.15) is 0 Å². The SMILES string of the molecule is O=C(O)c1c(OCOCC2CC2)ccc2ccccc12. The summed E-state index contributed by atoms with van der Waals surface area (Å²) in [4.78, 5) is 11.5. The molecule has 1 aliphatic rings. The van der Waals surface area contributed by atoms with Gasteiger partial charge in [-0.15, -0.1) is 0 Å². The van der Waals surface area contributed by atoms with Crippen molar-refractivity contribution < 1.29 is 19.4 Å². The number of carbonyl (C=O) groups is 1. The largest absolute Gasteiger partial charge is 0.478 e. The Balaban J connectivity index is 1.81. The minimum Gasteiger partial charge on any atom is -0.478 e. The minimum atomic E-state index is -0.987. The van der Waals surface area contributed by atoms with E-state index in [0.29, 0.717) is 23.7 Å². The van der Waals surface area contributed by atoms with E-state index in [1.807, 2.05) is 24.3 Å². The van der Waals surface area contributed by atoms with Crippen LogP contribution in [0.1, 0.15) is 23.2 Å². The number of ether oxygens (including phenoxy) is 2. The first-order valence-corrected chi connectivity index (χ1v) is 6.71. The van der Waals surface area contributed by atoms with Crippen molar-refractivity contribution in [2.75, 3.05) is 13.4 Å². The molecule has 0 heterocycles. The average Bonchev–Trinajstić information content (AvgIpc) is 3.27. The lowest BCUT2D eigenvalue weighted by molar-refractivity contribution is 0.00930. The molecule has 0 saturated heterocycles. The van der Waals surface area contributed by atoms with Gasteiger partial charge in [-0.05, 0) is 35.6 Å². The molecule has 1 fully saturated rings. The molecular formula is C16H16O4. The van der Waals surface area contributed by atoms with E-state index in [2.05, 4.69) is 0 Å². The molecule has 4 heteroatoms. The van der Waals surface area contributed by atoms with Crippen molar-refractivity contribution in [3.8, 4) is 5.75 Å². The third kappa shape index (κ3) is 2.75. The number of hydrogen-bond acceptors (Lipinski definition) is 3. The summed E-state index contributed by atoms with van der Waals surface area (Å²) in [6.45, 7) is 0.783. The van der Waals surface area contributed by atoms with Gasteiger partial charge in [0.05, 0.1) is 6.61 Å². The predicted molar refractivity (Wildman–Crippen MR) is 75.1 cm³/mol. The van der Waals surface area contributed by atoms with Gasteiger partial charge in [0.15, 0.2) is 6.79 Å². The highest BCUT2D eigenvalue weighted by Crippen LogP contribution is 2.30. The fraction of sp³-hybridized carbons (Fsp3) is 0.312. The molecular weight excluding hydrogens is 256 g/mol. The van der Waals surface area contributed by atoms with E-state index in [0.717, 1.165) is 5.39 Å². The Morgan fingerprint density at radius 2 is 2.00 bits per heavy atom. The van der Waals surface area contributed by atoms with Gasteiger partial charge in [-0.25, -0.2) is 4.79 Å². The fourth-order valence-electron chi connectivity index (χ4n) is 2.20. The molecule has 2 aromatic carbocycles. The third-order valence-electron chi connectivity index (χ3n) is 3.45. The predicted octanol–water partition coefficient (Wildman–Crippen LogP) is 3.30. The van der Waals surface area contributed by atoms with Crippen LogP contribution in [0.5, 0.6) is 5.75 Å². The maximum Gasteiger partial charge on any atom is 0.340 e. The highest BCUT2D eigenvalue weighted by Gasteiger charge is 2.21. The first-order valence-electron chi connectivity index (χ1n) is 6.71. The lowest BCUT2D eigenvalue weighted by Gasteiger charge is -2.11. The number of fused-ring (bicyclic) bond motifs is 1. The Kier molecular flexibility index (Phi) is 3.56. The zero-order valence-corrected chi connectivity index (χ0v) is 11.0. The quantitative estimate of drug-likeness (QED) is 0.647. The van der Waals surface area contributed by atoms with Gasteiger partial charge in [0.25, 0.3) is 0 Å². The molecule has 0 aliphatic heterocycles. The maximum atomic E-state index is 11.5. The normalized spacial score (nSPS) is 14.4. The Morgan fingerprint density at radius 1 is 1.20 bits per heavy atom. The Labute approximate surface area is 116 Å². The zero-order chi connectivity index (χ0) is 13.9. The number of rotatable bonds is 6. The Morgan fingerprint density at radius 3 is 2.75 bits per heavy atom. The molecule has 0 amide bonds. The molecule has 1 saturated carbocycles. The molecule has 0 radical (unpaired) electrons. The van der Waals surface area contributed by atoms with Crippen LogP contribution in [0.25, 0.3) is 10.8 Å². The first-order chi connectivity index (χ1) is 9.75. The minimum absolute atomic E-state index is 0.0924. The second-order valence-corrected chi connectivity index (χ2v) is 5.04. The third-order valence-corrected chi connectivity index (χ3v) is 3.45. The monoisotopic (exact) mass is 272 g/mol. The van der Waals surface area contributed by atoms with Gasteiger partial charge in [-0.3, -0.25) is 0 Å². The molecule has 1 N–H and O–H groups in total. The van der Waals surface area contributed by atoms with Gasteiger partial charge >= 0.3 is 5.97 Å². The smallest absolute Gasteiger partial charge is 0.340 e. The molecule has 0 atom stereocenters. The average molecular weight is 272 g/mol. The number of benzene rings is 2.